The minimum Gasteiger partial charge on any atom is -0.368 e. The van der Waals surface area contributed by atoms with Crippen molar-refractivity contribution in [1.82, 2.24) is 24.2 Å². The summed E-state index contributed by atoms with van der Waals surface area (Å²) in [5.41, 5.74) is 7.90. The molecule has 1 aromatic carbocycles. The second kappa shape index (κ2) is 8.64. The first kappa shape index (κ1) is 20.7. The zero-order valence-electron chi connectivity index (χ0n) is 16.5. The van der Waals surface area contributed by atoms with Crippen LogP contribution in [0, 0.1) is 6.92 Å². The Morgan fingerprint density at radius 2 is 1.80 bits per heavy atom. The zero-order chi connectivity index (χ0) is 21.1. The molecule has 1 aliphatic heterocycles. The van der Waals surface area contributed by atoms with E-state index < -0.39 is 10.0 Å². The Balaban J connectivity index is 1.39. The van der Waals surface area contributed by atoms with Gasteiger partial charge in [-0.3, -0.25) is 4.90 Å². The number of nitrogens with one attached hydrogen (secondary N) is 1. The molecule has 2 aromatic heterocycles. The molecule has 0 amide bonds. The molecule has 1 fully saturated rings. The van der Waals surface area contributed by atoms with Crippen LogP contribution in [0.25, 0.3) is 0 Å². The highest BCUT2D eigenvalue weighted by Crippen LogP contribution is 2.22. The average molecular weight is 446 g/mol. The van der Waals surface area contributed by atoms with Crippen LogP contribution in [0.5, 0.6) is 0 Å². The Hall–Kier alpha value is -2.60. The molecule has 1 saturated heterocycles. The first-order chi connectivity index (χ1) is 14.4. The quantitative estimate of drug-likeness (QED) is 0.592. The lowest BCUT2D eigenvalue weighted by Gasteiger charge is -2.33. The van der Waals surface area contributed by atoms with Crippen molar-refractivity contribution < 1.29 is 8.42 Å². The van der Waals surface area contributed by atoms with Crippen LogP contribution in [0.4, 0.5) is 17.6 Å². The second-order valence-corrected chi connectivity index (χ2v) is 10.1. The highest BCUT2D eigenvalue weighted by atomic mass is 32.2. The molecule has 0 radical (unpaired) electrons. The molecule has 0 atom stereocenters. The van der Waals surface area contributed by atoms with Gasteiger partial charge in [-0.1, -0.05) is 23.8 Å². The van der Waals surface area contributed by atoms with E-state index in [-0.39, 0.29) is 5.95 Å². The van der Waals surface area contributed by atoms with E-state index in [1.807, 2.05) is 31.2 Å². The summed E-state index contributed by atoms with van der Waals surface area (Å²) >= 11 is 1.24. The number of hydrogen-bond acceptors (Lipinski definition) is 9. The first-order valence-corrected chi connectivity index (χ1v) is 11.8. The van der Waals surface area contributed by atoms with Gasteiger partial charge in [0.2, 0.25) is 11.9 Å². The number of sulfonamides is 1. The van der Waals surface area contributed by atoms with Gasteiger partial charge in [-0.05, 0) is 30.5 Å². The van der Waals surface area contributed by atoms with E-state index in [4.69, 9.17) is 5.73 Å². The molecule has 1 aliphatic rings. The fourth-order valence-electron chi connectivity index (χ4n) is 3.20. The van der Waals surface area contributed by atoms with Gasteiger partial charge < -0.3 is 11.1 Å². The Labute approximate surface area is 179 Å². The van der Waals surface area contributed by atoms with Crippen LogP contribution in [-0.2, 0) is 16.6 Å². The number of aromatic nitrogens is 3. The maximum atomic E-state index is 12.7. The smallest absolute Gasteiger partial charge is 0.252 e. The van der Waals surface area contributed by atoms with Crippen LogP contribution in [0.15, 0.2) is 46.0 Å². The summed E-state index contributed by atoms with van der Waals surface area (Å²) in [5, 5.41) is 4.92. The van der Waals surface area contributed by atoms with Crippen LogP contribution in [0.3, 0.4) is 0 Å². The third-order valence-electron chi connectivity index (χ3n) is 4.79. The number of thiophene rings is 1. The van der Waals surface area contributed by atoms with Crippen molar-refractivity contribution >= 4 is 38.9 Å². The molecule has 30 heavy (non-hydrogen) atoms. The molecule has 3 aromatic rings. The third-order valence-corrected chi connectivity index (χ3v) is 8.06. The predicted octanol–water partition coefficient (Wildman–Crippen LogP) is 2.07. The number of hydrogen-bond donors (Lipinski definition) is 2. The average Bonchev–Trinajstić information content (AvgIpc) is 3.26. The molecule has 0 saturated carbocycles. The van der Waals surface area contributed by atoms with Crippen LogP contribution >= 0.6 is 11.3 Å². The molecule has 0 bridgehead atoms. The number of anilines is 3. The van der Waals surface area contributed by atoms with Crippen LogP contribution < -0.4 is 11.1 Å². The maximum Gasteiger partial charge on any atom is 0.252 e. The van der Waals surface area contributed by atoms with E-state index in [2.05, 4.69) is 25.2 Å². The Morgan fingerprint density at radius 1 is 1.07 bits per heavy atom. The van der Waals surface area contributed by atoms with Gasteiger partial charge in [-0.2, -0.15) is 19.3 Å². The Bertz CT molecular complexity index is 1090. The van der Waals surface area contributed by atoms with Gasteiger partial charge >= 0.3 is 0 Å². The minimum absolute atomic E-state index is 0.147. The fraction of sp³-hybridized carbons (Fsp3) is 0.316. The van der Waals surface area contributed by atoms with Gasteiger partial charge in [0.25, 0.3) is 10.0 Å². The lowest BCUT2D eigenvalue weighted by Crippen LogP contribution is -2.48. The molecule has 4 rings (SSSR count). The summed E-state index contributed by atoms with van der Waals surface area (Å²) in [4.78, 5) is 15.0. The molecule has 3 N–H and O–H groups in total. The predicted molar refractivity (Wildman–Crippen MR) is 117 cm³/mol. The van der Waals surface area contributed by atoms with E-state index in [9.17, 15) is 8.42 Å². The van der Waals surface area contributed by atoms with Gasteiger partial charge in [0.05, 0.1) is 6.54 Å². The van der Waals surface area contributed by atoms with E-state index in [1.165, 1.54) is 15.6 Å². The largest absolute Gasteiger partial charge is 0.368 e. The molecule has 9 nitrogen and oxygen atoms in total. The van der Waals surface area contributed by atoms with Gasteiger partial charge in [0.1, 0.15) is 10.0 Å². The lowest BCUT2D eigenvalue weighted by atomic mass is 10.2. The van der Waals surface area contributed by atoms with Crippen LogP contribution in [0.1, 0.15) is 11.4 Å². The molecule has 158 valence electrons. The fourth-order valence-corrected chi connectivity index (χ4v) is 5.76. The molecular weight excluding hydrogens is 422 g/mol. The minimum atomic E-state index is -3.41. The maximum absolute atomic E-state index is 12.7. The molecule has 3 heterocycles. The lowest BCUT2D eigenvalue weighted by molar-refractivity contribution is 0.178. The van der Waals surface area contributed by atoms with E-state index in [0.717, 1.165) is 11.3 Å². The standard InChI is InChI=1S/C19H23N7O2S2/c1-14-4-6-15(7-5-14)21-19-23-16(22-18(20)24-19)13-25-8-10-26(11-9-25)30(27,28)17-3-2-12-29-17/h2-7,12H,8-11,13H2,1H3,(H3,20,21,22,23,24). The number of nitrogens with zero attached hydrogens (tertiary/aromatic N) is 5. The molecule has 0 spiro atoms. The Morgan fingerprint density at radius 3 is 2.47 bits per heavy atom. The summed E-state index contributed by atoms with van der Waals surface area (Å²) in [7, 11) is -3.41. The highest BCUT2D eigenvalue weighted by molar-refractivity contribution is 7.91. The summed E-state index contributed by atoms with van der Waals surface area (Å²) in [6.45, 7) is 4.54. The second-order valence-electron chi connectivity index (χ2n) is 7.04. The van der Waals surface area contributed by atoms with Crippen LogP contribution in [-0.4, -0.2) is 58.8 Å². The number of aryl methyl sites for hydroxylation is 1. The number of benzene rings is 1. The van der Waals surface area contributed by atoms with E-state index in [1.54, 1.807) is 17.5 Å². The first-order valence-electron chi connectivity index (χ1n) is 9.50. The molecule has 0 aliphatic carbocycles. The normalized spacial score (nSPS) is 15.9. The van der Waals surface area contributed by atoms with Crippen molar-refractivity contribution in [1.29, 1.82) is 0 Å². The monoisotopic (exact) mass is 445 g/mol. The van der Waals surface area contributed by atoms with Crippen molar-refractivity contribution in [3.8, 4) is 0 Å². The summed E-state index contributed by atoms with van der Waals surface area (Å²) in [5.74, 6) is 1.08. The van der Waals surface area contributed by atoms with E-state index >= 15 is 0 Å². The number of nitrogen functional groups attached to an aromatic ring is 1. The molecule has 11 heteroatoms. The summed E-state index contributed by atoms with van der Waals surface area (Å²) in [6.07, 6.45) is 0. The van der Waals surface area contributed by atoms with Crippen LogP contribution in [0.2, 0.25) is 0 Å². The SMILES string of the molecule is Cc1ccc(Nc2nc(N)nc(CN3CCN(S(=O)(=O)c4cccs4)CC3)n2)cc1. The molecular formula is C19H23N7O2S2. The highest BCUT2D eigenvalue weighted by Gasteiger charge is 2.29. The number of nitrogens with two attached hydrogens (primary N) is 1. The van der Waals surface area contributed by atoms with Gasteiger partial charge in [0.15, 0.2) is 0 Å². The van der Waals surface area contributed by atoms with Crippen molar-refractivity contribution in [2.24, 2.45) is 0 Å². The number of rotatable bonds is 6. The van der Waals surface area contributed by atoms with Crippen molar-refractivity contribution in [2.75, 3.05) is 37.2 Å². The number of piperazine rings is 1. The summed E-state index contributed by atoms with van der Waals surface area (Å²) in [6, 6.07) is 11.3. The van der Waals surface area contributed by atoms with Crippen molar-refractivity contribution in [3.63, 3.8) is 0 Å². The zero-order valence-corrected chi connectivity index (χ0v) is 18.2. The van der Waals surface area contributed by atoms with Crippen molar-refractivity contribution in [3.05, 3.63) is 53.2 Å². The van der Waals surface area contributed by atoms with Gasteiger partial charge in [-0.25, -0.2) is 8.42 Å². The van der Waals surface area contributed by atoms with Crippen molar-refractivity contribution in [2.45, 2.75) is 17.7 Å². The topological polar surface area (TPSA) is 117 Å². The van der Waals surface area contributed by atoms with Gasteiger partial charge in [0, 0.05) is 31.9 Å². The third kappa shape index (κ3) is 4.75. The Kier molecular flexibility index (Phi) is 5.95. The molecule has 0 unspecified atom stereocenters. The van der Waals surface area contributed by atoms with E-state index in [0.29, 0.717) is 48.7 Å². The summed E-state index contributed by atoms with van der Waals surface area (Å²) < 4.78 is 27.2. The van der Waals surface area contributed by atoms with Gasteiger partial charge in [-0.15, -0.1) is 11.3 Å².